The summed E-state index contributed by atoms with van der Waals surface area (Å²) in [6.07, 6.45) is 0.920. The van der Waals surface area contributed by atoms with Crippen LogP contribution >= 0.6 is 12.4 Å². The van der Waals surface area contributed by atoms with Crippen LogP contribution in [0.5, 0.6) is 0 Å². The Balaban J connectivity index is 0.00000147. The quantitative estimate of drug-likeness (QED) is 0.774. The Kier molecular flexibility index (Phi) is 4.42. The van der Waals surface area contributed by atoms with E-state index in [-0.39, 0.29) is 29.9 Å². The van der Waals surface area contributed by atoms with Gasteiger partial charge in [0, 0.05) is 18.0 Å². The monoisotopic (exact) mass is 293 g/mol. The third-order valence-electron chi connectivity index (χ3n) is 3.39. The van der Waals surface area contributed by atoms with E-state index in [0.29, 0.717) is 11.1 Å². The van der Waals surface area contributed by atoms with Crippen LogP contribution in [-0.4, -0.2) is 30.0 Å². The second-order valence-corrected chi connectivity index (χ2v) is 4.76. The summed E-state index contributed by atoms with van der Waals surface area (Å²) in [6.45, 7) is 1.70. The van der Waals surface area contributed by atoms with Crippen LogP contribution < -0.4 is 16.2 Å². The fourth-order valence-corrected chi connectivity index (χ4v) is 2.37. The third-order valence-corrected chi connectivity index (χ3v) is 3.39. The summed E-state index contributed by atoms with van der Waals surface area (Å²) in [4.78, 5) is 26.6. The number of hydrogen-bond acceptors (Lipinski definition) is 3. The highest BCUT2D eigenvalue weighted by Gasteiger charge is 2.18. The van der Waals surface area contributed by atoms with Gasteiger partial charge >= 0.3 is 0 Å². The molecule has 0 bridgehead atoms. The molecule has 106 valence electrons. The minimum absolute atomic E-state index is 0. The van der Waals surface area contributed by atoms with Crippen LogP contribution in [0.2, 0.25) is 0 Å². The van der Waals surface area contributed by atoms with Gasteiger partial charge < -0.3 is 15.6 Å². The van der Waals surface area contributed by atoms with Crippen molar-refractivity contribution in [1.29, 1.82) is 0 Å². The average molecular weight is 294 g/mol. The molecule has 1 amide bonds. The lowest BCUT2D eigenvalue weighted by molar-refractivity contribution is 0.0935. The molecular formula is C14H16ClN3O2. The Labute approximate surface area is 122 Å². The van der Waals surface area contributed by atoms with Crippen LogP contribution in [0.3, 0.4) is 0 Å². The summed E-state index contributed by atoms with van der Waals surface area (Å²) in [5.41, 5.74) is 0.0865. The highest BCUT2D eigenvalue weighted by molar-refractivity contribution is 5.96. The van der Waals surface area contributed by atoms with Gasteiger partial charge in [0.05, 0.1) is 0 Å². The maximum atomic E-state index is 12.1. The van der Waals surface area contributed by atoms with Gasteiger partial charge in [0.1, 0.15) is 5.69 Å². The molecule has 0 radical (unpaired) electrons. The van der Waals surface area contributed by atoms with E-state index in [1.54, 1.807) is 12.1 Å². The molecule has 0 saturated carbocycles. The Hall–Kier alpha value is -1.85. The Morgan fingerprint density at radius 1 is 1.30 bits per heavy atom. The first-order valence-electron chi connectivity index (χ1n) is 6.38. The summed E-state index contributed by atoms with van der Waals surface area (Å²) in [5, 5.41) is 7.48. The fourth-order valence-electron chi connectivity index (χ4n) is 2.37. The number of aromatic nitrogens is 1. The van der Waals surface area contributed by atoms with Gasteiger partial charge in [-0.2, -0.15) is 0 Å². The number of nitrogens with one attached hydrogen (secondary N) is 3. The average Bonchev–Trinajstić information content (AvgIpc) is 2.91. The summed E-state index contributed by atoms with van der Waals surface area (Å²) < 4.78 is 0. The number of rotatable bonds is 2. The highest BCUT2D eigenvalue weighted by atomic mass is 35.5. The van der Waals surface area contributed by atoms with Crippen molar-refractivity contribution in [2.45, 2.75) is 12.5 Å². The lowest BCUT2D eigenvalue weighted by Gasteiger charge is -2.11. The normalized spacial score (nSPS) is 17.7. The Morgan fingerprint density at radius 2 is 2.10 bits per heavy atom. The summed E-state index contributed by atoms with van der Waals surface area (Å²) in [5.74, 6) is -0.225. The first-order valence-corrected chi connectivity index (χ1v) is 6.38. The van der Waals surface area contributed by atoms with Gasteiger partial charge in [-0.25, -0.2) is 0 Å². The molecule has 1 aliphatic rings. The van der Waals surface area contributed by atoms with Crippen molar-refractivity contribution in [1.82, 2.24) is 15.6 Å². The maximum absolute atomic E-state index is 12.1. The minimum Gasteiger partial charge on any atom is -0.347 e. The van der Waals surface area contributed by atoms with Gasteiger partial charge in [-0.1, -0.05) is 18.2 Å². The van der Waals surface area contributed by atoms with E-state index in [0.717, 1.165) is 24.9 Å². The number of hydrogen-bond donors (Lipinski definition) is 3. The zero-order valence-electron chi connectivity index (χ0n) is 10.8. The van der Waals surface area contributed by atoms with Gasteiger partial charge in [0.15, 0.2) is 0 Å². The van der Waals surface area contributed by atoms with E-state index in [1.807, 2.05) is 18.2 Å². The molecule has 1 atom stereocenters. The SMILES string of the molecule is Cl.O=C(NC1CCNC1)c1cc2ccccc2c(=O)[nH]1. The van der Waals surface area contributed by atoms with Crippen LogP contribution in [-0.2, 0) is 0 Å². The molecule has 1 aliphatic heterocycles. The second kappa shape index (κ2) is 6.07. The predicted octanol–water partition coefficient (Wildman–Crippen LogP) is 1.04. The number of pyridine rings is 1. The van der Waals surface area contributed by atoms with Crippen molar-refractivity contribution in [2.75, 3.05) is 13.1 Å². The lowest BCUT2D eigenvalue weighted by atomic mass is 10.1. The van der Waals surface area contributed by atoms with Crippen molar-refractivity contribution in [3.8, 4) is 0 Å². The van der Waals surface area contributed by atoms with E-state index in [4.69, 9.17) is 0 Å². The second-order valence-electron chi connectivity index (χ2n) is 4.76. The number of aromatic amines is 1. The van der Waals surface area contributed by atoms with Gasteiger partial charge in [0.2, 0.25) is 0 Å². The van der Waals surface area contributed by atoms with Crippen LogP contribution in [0, 0.1) is 0 Å². The van der Waals surface area contributed by atoms with E-state index in [9.17, 15) is 9.59 Å². The molecule has 5 nitrogen and oxygen atoms in total. The van der Waals surface area contributed by atoms with Crippen LogP contribution in [0.4, 0.5) is 0 Å². The molecule has 1 saturated heterocycles. The summed E-state index contributed by atoms with van der Waals surface area (Å²) in [7, 11) is 0. The molecule has 1 aromatic heterocycles. The first-order chi connectivity index (χ1) is 9.24. The highest BCUT2D eigenvalue weighted by Crippen LogP contribution is 2.10. The largest absolute Gasteiger partial charge is 0.347 e. The number of benzene rings is 1. The molecular weight excluding hydrogens is 278 g/mol. The van der Waals surface area contributed by atoms with E-state index in [1.165, 1.54) is 0 Å². The molecule has 2 heterocycles. The molecule has 1 unspecified atom stereocenters. The molecule has 0 spiro atoms. The van der Waals surface area contributed by atoms with Crippen molar-refractivity contribution >= 4 is 29.1 Å². The molecule has 3 N–H and O–H groups in total. The van der Waals surface area contributed by atoms with Gasteiger partial charge in [0.25, 0.3) is 11.5 Å². The summed E-state index contributed by atoms with van der Waals surface area (Å²) >= 11 is 0. The smallest absolute Gasteiger partial charge is 0.268 e. The Morgan fingerprint density at radius 3 is 2.85 bits per heavy atom. The van der Waals surface area contributed by atoms with E-state index in [2.05, 4.69) is 15.6 Å². The number of carbonyl (C=O) groups excluding carboxylic acids is 1. The fraction of sp³-hybridized carbons (Fsp3) is 0.286. The van der Waals surface area contributed by atoms with Crippen molar-refractivity contribution in [3.05, 3.63) is 46.4 Å². The third kappa shape index (κ3) is 2.84. The zero-order valence-corrected chi connectivity index (χ0v) is 11.6. The predicted molar refractivity (Wildman–Crippen MR) is 80.6 cm³/mol. The van der Waals surface area contributed by atoms with Gasteiger partial charge in [-0.15, -0.1) is 12.4 Å². The number of carbonyl (C=O) groups is 1. The first kappa shape index (κ1) is 14.6. The maximum Gasteiger partial charge on any atom is 0.268 e. The van der Waals surface area contributed by atoms with Crippen LogP contribution in [0.1, 0.15) is 16.9 Å². The van der Waals surface area contributed by atoms with Crippen LogP contribution in [0.15, 0.2) is 35.1 Å². The molecule has 2 aromatic rings. The van der Waals surface area contributed by atoms with Crippen molar-refractivity contribution < 1.29 is 4.79 Å². The lowest BCUT2D eigenvalue weighted by Crippen LogP contribution is -2.37. The van der Waals surface area contributed by atoms with E-state index < -0.39 is 0 Å². The molecule has 20 heavy (non-hydrogen) atoms. The van der Waals surface area contributed by atoms with Crippen molar-refractivity contribution in [3.63, 3.8) is 0 Å². The Bertz CT molecular complexity index is 677. The van der Waals surface area contributed by atoms with Gasteiger partial charge in [-0.05, 0) is 30.5 Å². The molecule has 1 aromatic carbocycles. The molecule has 3 rings (SSSR count). The number of H-pyrrole nitrogens is 1. The van der Waals surface area contributed by atoms with Gasteiger partial charge in [-0.3, -0.25) is 9.59 Å². The van der Waals surface area contributed by atoms with Crippen LogP contribution in [0.25, 0.3) is 10.8 Å². The standard InChI is InChI=1S/C14H15N3O2.ClH/c18-13-11-4-2-1-3-9(11)7-12(17-13)14(19)16-10-5-6-15-8-10;/h1-4,7,10,15H,5-6,8H2,(H,16,19)(H,17,18);1H. The minimum atomic E-state index is -0.229. The van der Waals surface area contributed by atoms with E-state index >= 15 is 0 Å². The zero-order chi connectivity index (χ0) is 13.2. The number of amides is 1. The van der Waals surface area contributed by atoms with Crippen molar-refractivity contribution in [2.24, 2.45) is 0 Å². The number of halogens is 1. The number of fused-ring (bicyclic) bond motifs is 1. The summed E-state index contributed by atoms with van der Waals surface area (Å²) in [6, 6.07) is 9.10. The molecule has 6 heteroatoms. The topological polar surface area (TPSA) is 74.0 Å². The molecule has 0 aliphatic carbocycles. The molecule has 1 fully saturated rings.